The topological polar surface area (TPSA) is 6.48 Å². The molecule has 2 heterocycles. The van der Waals surface area contributed by atoms with Gasteiger partial charge in [0.2, 0.25) is 0 Å². The number of nitrogens with zero attached hydrogens (tertiary/aromatic N) is 2. The number of halogens is 2. The van der Waals surface area contributed by atoms with Crippen LogP contribution in [0, 0.1) is 0 Å². The van der Waals surface area contributed by atoms with Gasteiger partial charge in [-0.15, -0.1) is 0 Å². The summed E-state index contributed by atoms with van der Waals surface area (Å²) in [7, 11) is -1.93. The Morgan fingerprint density at radius 1 is 0.611 bits per heavy atom. The van der Waals surface area contributed by atoms with Crippen molar-refractivity contribution in [2.75, 3.05) is 22.9 Å². The van der Waals surface area contributed by atoms with E-state index >= 15 is 0 Å². The van der Waals surface area contributed by atoms with Crippen LogP contribution >= 0.6 is 0 Å². The maximum atomic E-state index is 2.55. The zero-order chi connectivity index (χ0) is 22.7. The molecule has 2 aromatic carbocycles. The smallest absolute Gasteiger partial charge is 1.00 e. The van der Waals surface area contributed by atoms with E-state index in [4.69, 9.17) is 0 Å². The van der Waals surface area contributed by atoms with Gasteiger partial charge in [0.25, 0.3) is 0 Å². The minimum absolute atomic E-state index is 0. The fourth-order valence-corrected chi connectivity index (χ4v) is 10.5. The van der Waals surface area contributed by atoms with E-state index in [-0.39, 0.29) is 51.0 Å². The second-order valence-electron chi connectivity index (χ2n) is 9.93. The van der Waals surface area contributed by atoms with Gasteiger partial charge in [-0.3, -0.25) is 0 Å². The van der Waals surface area contributed by atoms with Crippen molar-refractivity contribution in [1.82, 2.24) is 0 Å². The fraction of sp³-hybridized carbons (Fsp3) is 0.200. The monoisotopic (exact) mass is 606 g/mol. The predicted molar refractivity (Wildman–Crippen MR) is 143 cm³/mol. The summed E-state index contributed by atoms with van der Waals surface area (Å²) < 4.78 is 0. The molecule has 0 saturated carbocycles. The number of hydrogen-bond donors (Lipinski definition) is 0. The van der Waals surface area contributed by atoms with Crippen LogP contribution < -0.4 is 34.6 Å². The van der Waals surface area contributed by atoms with Gasteiger partial charge >= 0.3 is 26.2 Å². The van der Waals surface area contributed by atoms with Crippen LogP contribution in [-0.4, -0.2) is 21.2 Å². The summed E-state index contributed by atoms with van der Waals surface area (Å²) in [6.07, 6.45) is 9.76. The summed E-state index contributed by atoms with van der Waals surface area (Å²) in [5.41, 5.74) is 11.2. The first kappa shape index (κ1) is 28.7. The number of fused-ring (bicyclic) bond motifs is 2. The molecule has 2 aromatic rings. The Balaban J connectivity index is 0.00000120. The van der Waals surface area contributed by atoms with Gasteiger partial charge < -0.3 is 34.6 Å². The largest absolute Gasteiger partial charge is 2.00 e. The Kier molecular flexibility index (Phi) is 8.68. The van der Waals surface area contributed by atoms with Crippen LogP contribution in [0.2, 0.25) is 13.1 Å². The third-order valence-electron chi connectivity index (χ3n) is 7.51. The molecule has 0 radical (unpaired) electrons. The second kappa shape index (κ2) is 10.9. The van der Waals surface area contributed by atoms with Crippen LogP contribution in [0.3, 0.4) is 0 Å². The van der Waals surface area contributed by atoms with Gasteiger partial charge in [0.05, 0.1) is 0 Å². The van der Waals surface area contributed by atoms with Crippen LogP contribution in [0.5, 0.6) is 0 Å². The van der Waals surface area contributed by atoms with E-state index in [9.17, 15) is 0 Å². The average molecular weight is 609 g/mol. The molecule has 0 N–H and O–H groups in total. The molecule has 182 valence electrons. The van der Waals surface area contributed by atoms with E-state index in [1.54, 1.807) is 10.4 Å². The molecule has 0 amide bonds. The summed E-state index contributed by atoms with van der Waals surface area (Å²) in [6.45, 7) is 11.7. The van der Waals surface area contributed by atoms with Gasteiger partial charge in [-0.25, -0.2) is 0 Å². The standard InChI is InChI=1S/C30H30N2Si.2ClH.Zr/c1-21-19-27-25(15-17-31(27)23-11-7-5-8-12-23)29(21)33(3,4)30-22(2)20-28-26(30)16-18-32(28)24-13-9-6-10-14-24;;;/h5-16,19-20H,17-18H2,1-4H3;2*1H;/q;;;+2/p-2. The Morgan fingerprint density at radius 3 is 1.33 bits per heavy atom. The fourth-order valence-electron chi connectivity index (χ4n) is 6.30. The number of benzene rings is 2. The quantitative estimate of drug-likeness (QED) is 0.480. The normalized spacial score (nSPS) is 18.0. The van der Waals surface area contributed by atoms with E-state index in [0.717, 1.165) is 13.1 Å². The van der Waals surface area contributed by atoms with E-state index in [2.05, 4.69) is 122 Å². The Hall–Kier alpha value is -1.84. The molecule has 6 heteroatoms. The zero-order valence-electron chi connectivity index (χ0n) is 21.1. The molecule has 2 aliphatic carbocycles. The molecule has 2 aliphatic heterocycles. The minimum atomic E-state index is -1.93. The molecule has 36 heavy (non-hydrogen) atoms. The van der Waals surface area contributed by atoms with Crippen molar-refractivity contribution in [3.63, 3.8) is 0 Å². The van der Waals surface area contributed by atoms with Crippen LogP contribution in [0.15, 0.2) is 129 Å². The Morgan fingerprint density at radius 2 is 0.972 bits per heavy atom. The summed E-state index contributed by atoms with van der Waals surface area (Å²) in [6, 6.07) is 21.6. The molecule has 4 aliphatic rings. The van der Waals surface area contributed by atoms with Crippen molar-refractivity contribution in [2.24, 2.45) is 0 Å². The molecule has 0 unspecified atom stereocenters. The summed E-state index contributed by atoms with van der Waals surface area (Å²) in [5, 5.41) is 3.22. The number of anilines is 2. The number of rotatable bonds is 4. The summed E-state index contributed by atoms with van der Waals surface area (Å²) in [4.78, 5) is 4.92. The van der Waals surface area contributed by atoms with Gasteiger partial charge in [-0.05, 0) is 83.0 Å². The summed E-state index contributed by atoms with van der Waals surface area (Å²) >= 11 is 0. The Bertz CT molecular complexity index is 1250. The van der Waals surface area contributed by atoms with Crippen LogP contribution in [0.4, 0.5) is 11.4 Å². The number of para-hydroxylation sites is 2. The SMILES string of the molecule is CC1=C([Si](C)(C)C2=C(C)C=C3C2=CCN3c2ccccc2)C2=CCN(c3ccccc3)C2=C1.[Cl-].[Cl-].[Zr+2]. The van der Waals surface area contributed by atoms with Gasteiger partial charge in [0, 0.05) is 35.9 Å². The van der Waals surface area contributed by atoms with E-state index in [0.29, 0.717) is 0 Å². The summed E-state index contributed by atoms with van der Waals surface area (Å²) in [5.74, 6) is 0. The van der Waals surface area contributed by atoms with Gasteiger partial charge in [0.15, 0.2) is 0 Å². The maximum absolute atomic E-state index is 2.55. The van der Waals surface area contributed by atoms with E-state index < -0.39 is 8.07 Å². The molecule has 0 aromatic heterocycles. The van der Waals surface area contributed by atoms with E-state index in [1.165, 1.54) is 45.1 Å². The molecule has 0 atom stereocenters. The van der Waals surface area contributed by atoms with Crippen molar-refractivity contribution in [1.29, 1.82) is 0 Å². The first-order valence-corrected chi connectivity index (χ1v) is 14.9. The Labute approximate surface area is 247 Å². The molecular weight excluding hydrogens is 579 g/mol. The molecule has 0 fully saturated rings. The van der Waals surface area contributed by atoms with Crippen LogP contribution in [0.25, 0.3) is 0 Å². The maximum Gasteiger partial charge on any atom is 2.00 e. The van der Waals surface area contributed by atoms with Crippen molar-refractivity contribution >= 4 is 19.4 Å². The zero-order valence-corrected chi connectivity index (χ0v) is 26.1. The van der Waals surface area contributed by atoms with Gasteiger partial charge in [-0.1, -0.05) is 61.6 Å². The van der Waals surface area contributed by atoms with Crippen molar-refractivity contribution in [2.45, 2.75) is 26.9 Å². The average Bonchev–Trinajstić information content (AvgIpc) is 3.54. The van der Waals surface area contributed by atoms with Crippen molar-refractivity contribution < 1.29 is 51.0 Å². The molecule has 6 rings (SSSR count). The molecular formula is C30H30Cl2N2SiZr. The second-order valence-corrected chi connectivity index (χ2v) is 14.2. The van der Waals surface area contributed by atoms with Crippen LogP contribution in [-0.2, 0) is 26.2 Å². The molecule has 0 saturated heterocycles. The van der Waals surface area contributed by atoms with E-state index in [1.807, 2.05) is 0 Å². The van der Waals surface area contributed by atoms with Gasteiger partial charge in [0.1, 0.15) is 8.07 Å². The molecule has 2 nitrogen and oxygen atoms in total. The third-order valence-corrected chi connectivity index (χ3v) is 11.3. The minimum Gasteiger partial charge on any atom is -1.00 e. The number of allylic oxidation sites excluding steroid dienone is 6. The van der Waals surface area contributed by atoms with Gasteiger partial charge in [-0.2, -0.15) is 0 Å². The first-order chi connectivity index (χ1) is 16.0. The van der Waals surface area contributed by atoms with Crippen molar-refractivity contribution in [3.05, 3.63) is 129 Å². The third kappa shape index (κ3) is 4.41. The number of hydrogen-bond acceptors (Lipinski definition) is 2. The molecule has 0 spiro atoms. The molecule has 0 bridgehead atoms. The van der Waals surface area contributed by atoms with Crippen LogP contribution in [0.1, 0.15) is 13.8 Å². The van der Waals surface area contributed by atoms with Crippen molar-refractivity contribution in [3.8, 4) is 0 Å². The first-order valence-electron chi connectivity index (χ1n) is 11.9. The predicted octanol–water partition coefficient (Wildman–Crippen LogP) is 1.10.